The summed E-state index contributed by atoms with van der Waals surface area (Å²) < 4.78 is 5.41. The van der Waals surface area contributed by atoms with Crippen molar-refractivity contribution >= 4 is 29.5 Å². The van der Waals surface area contributed by atoms with E-state index in [-0.39, 0.29) is 5.97 Å². The largest absolute Gasteiger partial charge is 0.457 e. The normalized spacial score (nSPS) is 21.8. The molecule has 1 aliphatic heterocycles. The van der Waals surface area contributed by atoms with Crippen LogP contribution in [0.3, 0.4) is 0 Å². The van der Waals surface area contributed by atoms with E-state index >= 15 is 0 Å². The molecule has 1 unspecified atom stereocenters. The number of carbonyl (C=O) groups is 1. The third-order valence-electron chi connectivity index (χ3n) is 1.23. The van der Waals surface area contributed by atoms with E-state index in [2.05, 4.69) is 13.5 Å². The van der Waals surface area contributed by atoms with Gasteiger partial charge in [-0.3, -0.25) is 0 Å². The predicted molar refractivity (Wildman–Crippen MR) is 53.9 cm³/mol. The van der Waals surface area contributed by atoms with Gasteiger partial charge in [0.05, 0.1) is 4.58 Å². The SMILES string of the molecule is C=CC(=O)OCC1=CSC(C)S1. The minimum Gasteiger partial charge on any atom is -0.457 e. The molecule has 0 aliphatic carbocycles. The number of carbonyl (C=O) groups excluding carboxylic acids is 1. The van der Waals surface area contributed by atoms with Gasteiger partial charge in [0.25, 0.3) is 0 Å². The summed E-state index contributed by atoms with van der Waals surface area (Å²) in [5, 5.41) is 2.03. The Morgan fingerprint density at radius 2 is 2.67 bits per heavy atom. The van der Waals surface area contributed by atoms with E-state index in [1.807, 2.05) is 5.41 Å². The van der Waals surface area contributed by atoms with Crippen molar-refractivity contribution in [2.75, 3.05) is 6.61 Å². The minimum atomic E-state index is -0.360. The third kappa shape index (κ3) is 2.95. The lowest BCUT2D eigenvalue weighted by atomic mass is 10.6. The lowest BCUT2D eigenvalue weighted by Gasteiger charge is -2.02. The Morgan fingerprint density at radius 1 is 1.92 bits per heavy atom. The number of hydrogen-bond donors (Lipinski definition) is 0. The summed E-state index contributed by atoms with van der Waals surface area (Å²) in [5.41, 5.74) is 0. The van der Waals surface area contributed by atoms with Crippen LogP contribution in [0.25, 0.3) is 0 Å². The molecule has 0 fully saturated rings. The van der Waals surface area contributed by atoms with Crippen molar-refractivity contribution in [2.24, 2.45) is 0 Å². The van der Waals surface area contributed by atoms with Crippen LogP contribution in [0.15, 0.2) is 23.0 Å². The molecule has 1 atom stereocenters. The smallest absolute Gasteiger partial charge is 0.330 e. The zero-order chi connectivity index (χ0) is 8.97. The zero-order valence-electron chi connectivity index (χ0n) is 6.78. The van der Waals surface area contributed by atoms with Gasteiger partial charge in [-0.1, -0.05) is 6.58 Å². The van der Waals surface area contributed by atoms with Gasteiger partial charge in [-0.15, -0.1) is 23.5 Å². The maximum atomic E-state index is 10.7. The summed E-state index contributed by atoms with van der Waals surface area (Å²) in [6, 6.07) is 0. The van der Waals surface area contributed by atoms with Crippen LogP contribution in [0.2, 0.25) is 0 Å². The maximum Gasteiger partial charge on any atom is 0.330 e. The predicted octanol–water partition coefficient (Wildman–Crippen LogP) is 2.38. The van der Waals surface area contributed by atoms with Crippen LogP contribution >= 0.6 is 23.5 Å². The number of thioether (sulfide) groups is 2. The Kier molecular flexibility index (Phi) is 3.75. The average Bonchev–Trinajstić information content (AvgIpc) is 2.47. The van der Waals surface area contributed by atoms with Crippen molar-refractivity contribution in [2.45, 2.75) is 11.5 Å². The highest BCUT2D eigenvalue weighted by molar-refractivity contribution is 8.22. The van der Waals surface area contributed by atoms with Gasteiger partial charge in [-0.25, -0.2) is 4.79 Å². The molecular weight excluding hydrogens is 192 g/mol. The van der Waals surface area contributed by atoms with Gasteiger partial charge in [-0.05, 0) is 12.3 Å². The Labute approximate surface area is 80.4 Å². The Balaban J connectivity index is 2.24. The summed E-state index contributed by atoms with van der Waals surface area (Å²) in [6.45, 7) is 5.82. The van der Waals surface area contributed by atoms with E-state index in [9.17, 15) is 4.79 Å². The molecule has 0 bridgehead atoms. The second-order valence-electron chi connectivity index (χ2n) is 2.22. The summed E-state index contributed by atoms with van der Waals surface area (Å²) in [6.07, 6.45) is 1.18. The van der Waals surface area contributed by atoms with E-state index in [1.165, 1.54) is 6.08 Å². The minimum absolute atomic E-state index is 0.360. The van der Waals surface area contributed by atoms with E-state index in [0.29, 0.717) is 11.2 Å². The molecule has 0 saturated heterocycles. The Bertz CT molecular complexity index is 223. The first kappa shape index (κ1) is 9.74. The monoisotopic (exact) mass is 202 g/mol. The van der Waals surface area contributed by atoms with Crippen molar-refractivity contribution in [1.82, 2.24) is 0 Å². The molecule has 4 heteroatoms. The third-order valence-corrected chi connectivity index (χ3v) is 3.68. The van der Waals surface area contributed by atoms with Crippen LogP contribution in [0.1, 0.15) is 6.92 Å². The molecule has 0 spiro atoms. The van der Waals surface area contributed by atoms with Crippen LogP contribution in [0.4, 0.5) is 0 Å². The van der Waals surface area contributed by atoms with E-state index < -0.39 is 0 Å². The maximum absolute atomic E-state index is 10.7. The van der Waals surface area contributed by atoms with Gasteiger partial charge in [0.15, 0.2) is 0 Å². The molecule has 0 amide bonds. The van der Waals surface area contributed by atoms with Crippen LogP contribution < -0.4 is 0 Å². The number of esters is 1. The van der Waals surface area contributed by atoms with Gasteiger partial charge < -0.3 is 4.74 Å². The van der Waals surface area contributed by atoms with Crippen molar-refractivity contribution < 1.29 is 9.53 Å². The summed E-state index contributed by atoms with van der Waals surface area (Å²) in [7, 11) is 0. The van der Waals surface area contributed by atoms with Gasteiger partial charge >= 0.3 is 5.97 Å². The highest BCUT2D eigenvalue weighted by Crippen LogP contribution is 2.39. The first-order valence-electron chi connectivity index (χ1n) is 3.52. The lowest BCUT2D eigenvalue weighted by molar-refractivity contribution is -0.136. The lowest BCUT2D eigenvalue weighted by Crippen LogP contribution is -2.02. The van der Waals surface area contributed by atoms with Crippen molar-refractivity contribution in [3.63, 3.8) is 0 Å². The fourth-order valence-electron chi connectivity index (χ4n) is 0.710. The molecule has 0 radical (unpaired) electrons. The second kappa shape index (κ2) is 4.62. The second-order valence-corrected chi connectivity index (χ2v) is 5.20. The summed E-state index contributed by atoms with van der Waals surface area (Å²) in [4.78, 5) is 11.8. The fourth-order valence-corrected chi connectivity index (χ4v) is 2.82. The molecule has 1 aliphatic rings. The molecule has 66 valence electrons. The zero-order valence-corrected chi connectivity index (χ0v) is 8.41. The molecule has 0 aromatic carbocycles. The number of hydrogen-bond acceptors (Lipinski definition) is 4. The molecule has 1 heterocycles. The molecular formula is C8H10O2S2. The van der Waals surface area contributed by atoms with Crippen LogP contribution in [-0.4, -0.2) is 17.2 Å². The van der Waals surface area contributed by atoms with Gasteiger partial charge in [0, 0.05) is 11.0 Å². The Morgan fingerprint density at radius 3 is 3.17 bits per heavy atom. The first-order valence-corrected chi connectivity index (χ1v) is 5.35. The highest BCUT2D eigenvalue weighted by atomic mass is 32.2. The molecule has 0 N–H and O–H groups in total. The molecule has 1 rings (SSSR count). The summed E-state index contributed by atoms with van der Waals surface area (Å²) >= 11 is 3.48. The number of rotatable bonds is 3. The van der Waals surface area contributed by atoms with Crippen molar-refractivity contribution in [1.29, 1.82) is 0 Å². The number of ether oxygens (including phenoxy) is 1. The van der Waals surface area contributed by atoms with E-state index in [1.54, 1.807) is 23.5 Å². The highest BCUT2D eigenvalue weighted by Gasteiger charge is 2.14. The average molecular weight is 202 g/mol. The van der Waals surface area contributed by atoms with Crippen molar-refractivity contribution in [3.05, 3.63) is 23.0 Å². The first-order chi connectivity index (χ1) is 5.72. The molecule has 2 nitrogen and oxygen atoms in total. The van der Waals surface area contributed by atoms with Gasteiger partial charge in [-0.2, -0.15) is 0 Å². The molecule has 0 saturated carbocycles. The van der Waals surface area contributed by atoms with Crippen LogP contribution in [0, 0.1) is 0 Å². The molecule has 12 heavy (non-hydrogen) atoms. The topological polar surface area (TPSA) is 26.3 Å². The van der Waals surface area contributed by atoms with E-state index in [0.717, 1.165) is 4.91 Å². The molecule has 0 aromatic rings. The quantitative estimate of drug-likeness (QED) is 0.518. The van der Waals surface area contributed by atoms with Crippen molar-refractivity contribution in [3.8, 4) is 0 Å². The van der Waals surface area contributed by atoms with E-state index in [4.69, 9.17) is 4.74 Å². The van der Waals surface area contributed by atoms with Gasteiger partial charge in [0.1, 0.15) is 6.61 Å². The van der Waals surface area contributed by atoms with Crippen LogP contribution in [0.5, 0.6) is 0 Å². The van der Waals surface area contributed by atoms with Gasteiger partial charge in [0.2, 0.25) is 0 Å². The summed E-state index contributed by atoms with van der Waals surface area (Å²) in [5.74, 6) is -0.360. The fraction of sp³-hybridized carbons (Fsp3) is 0.375. The Hall–Kier alpha value is -0.350. The molecule has 0 aromatic heterocycles. The standard InChI is InChI=1S/C8H10O2S2/c1-3-8(9)10-4-7-5-11-6(2)12-7/h3,5-6H,1,4H2,2H3. The van der Waals surface area contributed by atoms with Crippen LogP contribution in [-0.2, 0) is 9.53 Å².